The molecule has 0 unspecified atom stereocenters. The summed E-state index contributed by atoms with van der Waals surface area (Å²) in [6.07, 6.45) is 0. The number of hydrogen-bond acceptors (Lipinski definition) is 3. The first-order valence-electron chi connectivity index (χ1n) is 6.27. The van der Waals surface area contributed by atoms with Crippen molar-refractivity contribution in [1.29, 1.82) is 0 Å². The molecule has 0 saturated heterocycles. The molecule has 110 valence electrons. The van der Waals surface area contributed by atoms with E-state index in [1.54, 1.807) is 36.2 Å². The Balaban J connectivity index is 2.21. The van der Waals surface area contributed by atoms with Crippen molar-refractivity contribution in [2.24, 2.45) is 5.84 Å². The molecule has 4 nitrogen and oxygen atoms in total. The van der Waals surface area contributed by atoms with Gasteiger partial charge in [-0.2, -0.15) is 0 Å². The van der Waals surface area contributed by atoms with E-state index in [4.69, 9.17) is 29.0 Å². The summed E-state index contributed by atoms with van der Waals surface area (Å²) in [6, 6.07) is 12.3. The minimum atomic E-state index is -0.176. The van der Waals surface area contributed by atoms with E-state index in [9.17, 15) is 4.79 Å². The second-order valence-electron chi connectivity index (χ2n) is 4.63. The van der Waals surface area contributed by atoms with Gasteiger partial charge in [-0.1, -0.05) is 35.3 Å². The maximum Gasteiger partial charge on any atom is 0.256 e. The zero-order valence-electron chi connectivity index (χ0n) is 11.4. The van der Waals surface area contributed by atoms with Gasteiger partial charge in [0, 0.05) is 23.6 Å². The number of halogens is 2. The highest BCUT2D eigenvalue weighted by Gasteiger charge is 2.16. The van der Waals surface area contributed by atoms with Crippen molar-refractivity contribution < 1.29 is 4.79 Å². The third-order valence-corrected chi connectivity index (χ3v) is 3.49. The smallest absolute Gasteiger partial charge is 0.256 e. The van der Waals surface area contributed by atoms with E-state index < -0.39 is 0 Å². The van der Waals surface area contributed by atoms with Crippen LogP contribution >= 0.6 is 23.2 Å². The molecule has 0 fully saturated rings. The first-order valence-corrected chi connectivity index (χ1v) is 7.03. The monoisotopic (exact) mass is 323 g/mol. The highest BCUT2D eigenvalue weighted by Crippen LogP contribution is 2.22. The van der Waals surface area contributed by atoms with Gasteiger partial charge >= 0.3 is 0 Å². The Hall–Kier alpha value is -1.75. The van der Waals surface area contributed by atoms with Crippen LogP contribution in [0.25, 0.3) is 0 Å². The summed E-state index contributed by atoms with van der Waals surface area (Å²) >= 11 is 11.9. The lowest BCUT2D eigenvalue weighted by molar-refractivity contribution is 0.0786. The lowest BCUT2D eigenvalue weighted by Gasteiger charge is -2.19. The molecule has 0 aliphatic heterocycles. The van der Waals surface area contributed by atoms with E-state index in [0.29, 0.717) is 27.8 Å². The normalized spacial score (nSPS) is 10.3. The Morgan fingerprint density at radius 3 is 2.57 bits per heavy atom. The molecule has 0 radical (unpaired) electrons. The van der Waals surface area contributed by atoms with Crippen LogP contribution in [0.1, 0.15) is 15.9 Å². The number of nitrogens with one attached hydrogen (secondary N) is 1. The number of carbonyl (C=O) groups is 1. The molecule has 0 spiro atoms. The second kappa shape index (κ2) is 6.80. The van der Waals surface area contributed by atoms with Gasteiger partial charge in [0.05, 0.1) is 11.3 Å². The molecular weight excluding hydrogens is 309 g/mol. The Labute approximate surface area is 133 Å². The third kappa shape index (κ3) is 3.88. The van der Waals surface area contributed by atoms with Gasteiger partial charge in [-0.3, -0.25) is 10.6 Å². The van der Waals surface area contributed by atoms with Gasteiger partial charge in [0.25, 0.3) is 5.91 Å². The molecule has 21 heavy (non-hydrogen) atoms. The molecule has 0 bridgehead atoms. The van der Waals surface area contributed by atoms with E-state index in [2.05, 4.69) is 5.43 Å². The summed E-state index contributed by atoms with van der Waals surface area (Å²) in [5, 5.41) is 1.12. The van der Waals surface area contributed by atoms with Crippen LogP contribution in [0.3, 0.4) is 0 Å². The number of anilines is 1. The minimum Gasteiger partial charge on any atom is -0.337 e. The van der Waals surface area contributed by atoms with Crippen molar-refractivity contribution in [1.82, 2.24) is 4.90 Å². The van der Waals surface area contributed by atoms with Crippen molar-refractivity contribution in [3.05, 3.63) is 63.6 Å². The number of hydrazine groups is 1. The predicted molar refractivity (Wildman–Crippen MR) is 86.5 cm³/mol. The van der Waals surface area contributed by atoms with Gasteiger partial charge in [0.15, 0.2) is 0 Å². The van der Waals surface area contributed by atoms with E-state index in [0.717, 1.165) is 5.56 Å². The standard InChI is InChI=1S/C15H15Cl2N3O/c1-20(9-10-3-2-4-11(16)7-10)15(21)13-8-12(17)5-6-14(13)19-18/h2-8,19H,9,18H2,1H3. The average molecular weight is 324 g/mol. The number of nitrogens with two attached hydrogens (primary N) is 1. The maximum absolute atomic E-state index is 12.5. The fourth-order valence-electron chi connectivity index (χ4n) is 2.01. The lowest BCUT2D eigenvalue weighted by Crippen LogP contribution is -2.27. The highest BCUT2D eigenvalue weighted by molar-refractivity contribution is 6.31. The molecule has 0 aromatic heterocycles. The van der Waals surface area contributed by atoms with Crippen molar-refractivity contribution in [2.45, 2.75) is 6.54 Å². The van der Waals surface area contributed by atoms with Gasteiger partial charge in [-0.05, 0) is 35.9 Å². The fourth-order valence-corrected chi connectivity index (χ4v) is 2.39. The van der Waals surface area contributed by atoms with E-state index in [-0.39, 0.29) is 5.91 Å². The third-order valence-electron chi connectivity index (χ3n) is 3.02. The maximum atomic E-state index is 12.5. The van der Waals surface area contributed by atoms with Crippen LogP contribution in [0.5, 0.6) is 0 Å². The Morgan fingerprint density at radius 1 is 1.19 bits per heavy atom. The number of nitrogen functional groups attached to an aromatic ring is 1. The SMILES string of the molecule is CN(Cc1cccc(Cl)c1)C(=O)c1cc(Cl)ccc1NN. The number of benzene rings is 2. The van der Waals surface area contributed by atoms with Crippen LogP contribution in [-0.4, -0.2) is 17.9 Å². The molecule has 0 heterocycles. The number of nitrogens with zero attached hydrogens (tertiary/aromatic N) is 1. The number of hydrogen-bond donors (Lipinski definition) is 2. The summed E-state index contributed by atoms with van der Waals surface area (Å²) < 4.78 is 0. The number of rotatable bonds is 4. The fraction of sp³-hybridized carbons (Fsp3) is 0.133. The summed E-state index contributed by atoms with van der Waals surface area (Å²) in [5.74, 6) is 5.25. The molecule has 1 amide bonds. The first kappa shape index (κ1) is 15.6. The Morgan fingerprint density at radius 2 is 1.90 bits per heavy atom. The zero-order chi connectivity index (χ0) is 15.4. The first-order chi connectivity index (χ1) is 10.0. The molecule has 2 aromatic carbocycles. The van der Waals surface area contributed by atoms with Crippen molar-refractivity contribution in [3.8, 4) is 0 Å². The molecule has 3 N–H and O–H groups in total. The predicted octanol–water partition coefficient (Wildman–Crippen LogP) is 3.55. The summed E-state index contributed by atoms with van der Waals surface area (Å²) in [4.78, 5) is 14.1. The van der Waals surface area contributed by atoms with Crippen LogP contribution in [-0.2, 0) is 6.54 Å². The lowest BCUT2D eigenvalue weighted by atomic mass is 10.1. The number of amides is 1. The van der Waals surface area contributed by atoms with E-state index in [1.165, 1.54) is 0 Å². The molecular formula is C15H15Cl2N3O. The summed E-state index contributed by atoms with van der Waals surface area (Å²) in [6.45, 7) is 0.440. The van der Waals surface area contributed by atoms with Gasteiger partial charge in [0.2, 0.25) is 0 Å². The van der Waals surface area contributed by atoms with Crippen LogP contribution in [0.2, 0.25) is 10.0 Å². The van der Waals surface area contributed by atoms with Crippen molar-refractivity contribution in [2.75, 3.05) is 12.5 Å². The van der Waals surface area contributed by atoms with Gasteiger partial charge < -0.3 is 10.3 Å². The van der Waals surface area contributed by atoms with Crippen LogP contribution in [0.4, 0.5) is 5.69 Å². The van der Waals surface area contributed by atoms with Crippen LogP contribution in [0.15, 0.2) is 42.5 Å². The van der Waals surface area contributed by atoms with Gasteiger partial charge in [0.1, 0.15) is 0 Å². The molecule has 0 saturated carbocycles. The molecule has 0 aliphatic rings. The molecule has 2 rings (SSSR count). The minimum absolute atomic E-state index is 0.176. The molecule has 6 heteroatoms. The zero-order valence-corrected chi connectivity index (χ0v) is 12.9. The summed E-state index contributed by atoms with van der Waals surface area (Å²) in [5.41, 5.74) is 4.41. The van der Waals surface area contributed by atoms with Crippen molar-refractivity contribution in [3.63, 3.8) is 0 Å². The van der Waals surface area contributed by atoms with Gasteiger partial charge in [-0.15, -0.1) is 0 Å². The highest BCUT2D eigenvalue weighted by atomic mass is 35.5. The number of carbonyl (C=O) groups excluding carboxylic acids is 1. The van der Waals surface area contributed by atoms with Crippen LogP contribution < -0.4 is 11.3 Å². The van der Waals surface area contributed by atoms with Gasteiger partial charge in [-0.25, -0.2) is 0 Å². The molecule has 2 aromatic rings. The van der Waals surface area contributed by atoms with E-state index >= 15 is 0 Å². The second-order valence-corrected chi connectivity index (χ2v) is 5.50. The Bertz CT molecular complexity index is 661. The molecule has 0 atom stereocenters. The van der Waals surface area contributed by atoms with E-state index in [1.807, 2.05) is 18.2 Å². The Kier molecular flexibility index (Phi) is 5.07. The van der Waals surface area contributed by atoms with Crippen LogP contribution in [0, 0.1) is 0 Å². The summed E-state index contributed by atoms with van der Waals surface area (Å²) in [7, 11) is 1.71. The topological polar surface area (TPSA) is 58.4 Å². The van der Waals surface area contributed by atoms with Crippen molar-refractivity contribution >= 4 is 34.8 Å². The largest absolute Gasteiger partial charge is 0.337 e. The average Bonchev–Trinajstić information content (AvgIpc) is 2.46. The quantitative estimate of drug-likeness (QED) is 0.668. The molecule has 0 aliphatic carbocycles.